The normalized spacial score (nSPS) is 12.4. The third-order valence-electron chi connectivity index (χ3n) is 5.15. The van der Waals surface area contributed by atoms with Crippen LogP contribution in [0.4, 0.5) is 0 Å². The van der Waals surface area contributed by atoms with Gasteiger partial charge in [-0.05, 0) is 77.5 Å². The highest BCUT2D eigenvalue weighted by molar-refractivity contribution is 5.74. The molecule has 0 aromatic heterocycles. The van der Waals surface area contributed by atoms with Gasteiger partial charge in [-0.1, -0.05) is 25.7 Å². The molecule has 0 aromatic rings. The lowest BCUT2D eigenvalue weighted by molar-refractivity contribution is -0.139. The molecule has 0 saturated heterocycles. The van der Waals surface area contributed by atoms with E-state index in [1.807, 2.05) is 0 Å². The van der Waals surface area contributed by atoms with Gasteiger partial charge in [0.15, 0.2) is 0 Å². The molecule has 0 fully saturated rings. The first-order chi connectivity index (χ1) is 20.5. The van der Waals surface area contributed by atoms with Crippen molar-refractivity contribution in [1.29, 1.82) is 0 Å². The molecular weight excluding hydrogens is 584 g/mol. The van der Waals surface area contributed by atoms with Crippen LogP contribution in [0.25, 0.3) is 0 Å². The molecule has 264 valence electrons. The molecule has 21 N–H and O–H groups in total. The van der Waals surface area contributed by atoms with Crippen molar-refractivity contribution in [2.75, 3.05) is 26.2 Å². The summed E-state index contributed by atoms with van der Waals surface area (Å²) in [4.78, 5) is 49.5. The molecule has 0 aliphatic carbocycles. The van der Waals surface area contributed by atoms with Crippen LogP contribution in [0.5, 0.6) is 0 Å². The fraction of sp³-hybridized carbons (Fsp3) is 0.808. The summed E-state index contributed by atoms with van der Waals surface area (Å²) in [5.74, 6) is -4.57. The summed E-state index contributed by atoms with van der Waals surface area (Å²) in [6.07, 6.45) is 8.66. The van der Waals surface area contributed by atoms with Crippen molar-refractivity contribution in [3.63, 3.8) is 0 Å². The summed E-state index contributed by atoms with van der Waals surface area (Å²) in [5.41, 5.74) is 41.7. The maximum atomic E-state index is 10.1. The van der Waals surface area contributed by atoms with E-state index in [1.54, 1.807) is 0 Å². The molecule has 0 saturated carbocycles. The summed E-state index contributed by atoms with van der Waals surface area (Å²) in [6, 6.07) is -2.86. The van der Waals surface area contributed by atoms with Crippen LogP contribution in [-0.2, 0) is 24.0 Å². The zero-order chi connectivity index (χ0) is 35.5. The lowest BCUT2D eigenvalue weighted by atomic mass is 10.1. The van der Waals surface area contributed by atoms with Crippen molar-refractivity contribution < 1.29 is 49.5 Å². The van der Waals surface area contributed by atoms with Gasteiger partial charge in [0.2, 0.25) is 0 Å². The Labute approximate surface area is 259 Å². The third-order valence-corrected chi connectivity index (χ3v) is 5.15. The second kappa shape index (κ2) is 38.1. The van der Waals surface area contributed by atoms with E-state index in [1.165, 1.54) is 0 Å². The van der Waals surface area contributed by atoms with Crippen LogP contribution < -0.4 is 45.9 Å². The summed E-state index contributed by atoms with van der Waals surface area (Å²) in [5, 5.41) is 40.7. The van der Waals surface area contributed by atoms with Crippen LogP contribution in [0.1, 0.15) is 84.0 Å². The van der Waals surface area contributed by atoms with Gasteiger partial charge in [0, 0.05) is 6.92 Å². The zero-order valence-corrected chi connectivity index (χ0v) is 26.0. The predicted octanol–water partition coefficient (Wildman–Crippen LogP) is -1.80. The van der Waals surface area contributed by atoms with Crippen molar-refractivity contribution in [3.05, 3.63) is 0 Å². The van der Waals surface area contributed by atoms with Crippen molar-refractivity contribution in [2.24, 2.45) is 45.9 Å². The Morgan fingerprint density at radius 3 is 0.636 bits per heavy atom. The highest BCUT2D eigenvalue weighted by Crippen LogP contribution is 1.99. The van der Waals surface area contributed by atoms with E-state index in [0.717, 1.165) is 58.3 Å². The first-order valence-electron chi connectivity index (χ1n) is 14.4. The molecule has 0 bridgehead atoms. The van der Waals surface area contributed by atoms with Crippen LogP contribution in [0.2, 0.25) is 0 Å². The van der Waals surface area contributed by atoms with Crippen LogP contribution >= 0.6 is 0 Å². The van der Waals surface area contributed by atoms with Gasteiger partial charge in [-0.15, -0.1) is 0 Å². The molecule has 44 heavy (non-hydrogen) atoms. The van der Waals surface area contributed by atoms with Crippen LogP contribution in [0, 0.1) is 0 Å². The molecule has 18 heteroatoms. The smallest absolute Gasteiger partial charge is 0.320 e. The van der Waals surface area contributed by atoms with Gasteiger partial charge in [0.05, 0.1) is 0 Å². The van der Waals surface area contributed by atoms with Crippen molar-refractivity contribution in [3.8, 4) is 0 Å². The Morgan fingerprint density at radius 2 is 0.545 bits per heavy atom. The van der Waals surface area contributed by atoms with Crippen LogP contribution in [0.15, 0.2) is 0 Å². The number of hydrogen-bond donors (Lipinski definition) is 13. The molecule has 0 amide bonds. The van der Waals surface area contributed by atoms with Crippen molar-refractivity contribution in [2.45, 2.75) is 108 Å². The first-order valence-corrected chi connectivity index (χ1v) is 14.4. The third kappa shape index (κ3) is 51.7. The topological polar surface area (TPSA) is 395 Å². The first kappa shape index (κ1) is 50.6. The van der Waals surface area contributed by atoms with Crippen LogP contribution in [-0.4, -0.2) is 106 Å². The lowest BCUT2D eigenvalue weighted by Crippen LogP contribution is -2.29. The van der Waals surface area contributed by atoms with E-state index in [0.29, 0.717) is 51.9 Å². The SMILES string of the molecule is CC(=O)O.NCCCCC(N)C(=O)O.NCCCCC(N)C(=O)O.NCCCCC(N)C(=O)O.NCCCCC(N)C(=O)O. The lowest BCUT2D eigenvalue weighted by Gasteiger charge is -2.03. The molecule has 18 nitrogen and oxygen atoms in total. The average molecular weight is 645 g/mol. The van der Waals surface area contributed by atoms with E-state index >= 15 is 0 Å². The van der Waals surface area contributed by atoms with E-state index < -0.39 is 54.0 Å². The Morgan fingerprint density at radius 1 is 0.409 bits per heavy atom. The number of hydrogen-bond acceptors (Lipinski definition) is 13. The van der Waals surface area contributed by atoms with E-state index in [4.69, 9.17) is 76.2 Å². The van der Waals surface area contributed by atoms with Gasteiger partial charge in [-0.3, -0.25) is 24.0 Å². The molecule has 0 heterocycles. The molecular formula is C26H60N8O10. The van der Waals surface area contributed by atoms with Gasteiger partial charge in [0.1, 0.15) is 24.2 Å². The van der Waals surface area contributed by atoms with Crippen molar-refractivity contribution >= 4 is 29.8 Å². The monoisotopic (exact) mass is 644 g/mol. The number of carboxylic acids is 5. The quantitative estimate of drug-likeness (QED) is 0.0649. The number of aliphatic carboxylic acids is 5. The molecule has 0 radical (unpaired) electrons. The molecule has 0 rings (SSSR count). The number of carbonyl (C=O) groups is 5. The minimum absolute atomic E-state index is 0.520. The minimum Gasteiger partial charge on any atom is -0.481 e. The van der Waals surface area contributed by atoms with Crippen LogP contribution in [0.3, 0.4) is 0 Å². The fourth-order valence-corrected chi connectivity index (χ4v) is 2.53. The Bertz CT molecular complexity index is 612. The summed E-state index contributed by atoms with van der Waals surface area (Å²) < 4.78 is 0. The zero-order valence-electron chi connectivity index (χ0n) is 26.0. The summed E-state index contributed by atoms with van der Waals surface area (Å²) in [7, 11) is 0. The summed E-state index contributed by atoms with van der Waals surface area (Å²) in [6.45, 7) is 3.50. The Kier molecular flexibility index (Phi) is 43.8. The largest absolute Gasteiger partial charge is 0.481 e. The van der Waals surface area contributed by atoms with Crippen molar-refractivity contribution in [1.82, 2.24) is 0 Å². The Hall–Kier alpha value is -2.97. The molecule has 4 atom stereocenters. The van der Waals surface area contributed by atoms with E-state index in [9.17, 15) is 19.2 Å². The Balaban J connectivity index is -0.000000147. The molecule has 0 aliphatic rings. The van der Waals surface area contributed by atoms with Gasteiger partial charge in [0.25, 0.3) is 5.97 Å². The molecule has 0 aliphatic heterocycles. The number of carboxylic acid groups (broad SMARTS) is 5. The maximum Gasteiger partial charge on any atom is 0.320 e. The van der Waals surface area contributed by atoms with Gasteiger partial charge < -0.3 is 71.4 Å². The van der Waals surface area contributed by atoms with Gasteiger partial charge in [-0.25, -0.2) is 0 Å². The average Bonchev–Trinajstić information content (AvgIpc) is 2.93. The highest BCUT2D eigenvalue weighted by atomic mass is 16.4. The standard InChI is InChI=1S/4C6H14N2O2.C2H4O2/c4*7-4-2-1-3-5(8)6(9)10;1-2(3)4/h4*5H,1-4,7-8H2,(H,9,10);1H3,(H,3,4). The number of nitrogens with two attached hydrogens (primary N) is 8. The second-order valence-corrected chi connectivity index (χ2v) is 9.44. The fourth-order valence-electron chi connectivity index (χ4n) is 2.53. The maximum absolute atomic E-state index is 10.1. The minimum atomic E-state index is -0.933. The highest BCUT2D eigenvalue weighted by Gasteiger charge is 2.11. The summed E-state index contributed by atoms with van der Waals surface area (Å²) >= 11 is 0. The molecule has 0 spiro atoms. The van der Waals surface area contributed by atoms with Gasteiger partial charge in [-0.2, -0.15) is 0 Å². The van der Waals surface area contributed by atoms with E-state index in [2.05, 4.69) is 0 Å². The van der Waals surface area contributed by atoms with E-state index in [-0.39, 0.29) is 0 Å². The van der Waals surface area contributed by atoms with Gasteiger partial charge >= 0.3 is 23.9 Å². The predicted molar refractivity (Wildman–Crippen MR) is 167 cm³/mol. The molecule has 4 unspecified atom stereocenters. The molecule has 0 aromatic carbocycles. The number of rotatable bonds is 20. The number of unbranched alkanes of at least 4 members (excludes halogenated alkanes) is 4. The second-order valence-electron chi connectivity index (χ2n) is 9.44.